The van der Waals surface area contributed by atoms with Gasteiger partial charge in [-0.15, -0.1) is 0 Å². The molecule has 0 spiro atoms. The quantitative estimate of drug-likeness (QED) is 0.237. The number of pyridine rings is 1. The van der Waals surface area contributed by atoms with Gasteiger partial charge in [0.2, 0.25) is 0 Å². The fraction of sp³-hybridized carbons (Fsp3) is 0.0769. The molecule has 2 heterocycles. The number of H-pyrrole nitrogens is 1. The first-order valence-corrected chi connectivity index (χ1v) is 10.4. The lowest BCUT2D eigenvalue weighted by molar-refractivity contribution is -0.687. The van der Waals surface area contributed by atoms with Crippen LogP contribution in [0.3, 0.4) is 0 Å². The van der Waals surface area contributed by atoms with Gasteiger partial charge >= 0.3 is 6.18 Å². The third-order valence-electron chi connectivity index (χ3n) is 5.53. The van der Waals surface area contributed by atoms with E-state index in [0.29, 0.717) is 28.7 Å². The topological polar surface area (TPSA) is 32.6 Å². The molecule has 8 heteroatoms. The highest BCUT2D eigenvalue weighted by atomic mass is 19.4. The molecule has 0 saturated heterocycles. The van der Waals surface area contributed by atoms with Crippen molar-refractivity contribution in [2.24, 2.45) is 0 Å². The fourth-order valence-corrected chi connectivity index (χ4v) is 3.80. The van der Waals surface area contributed by atoms with E-state index in [0.717, 1.165) is 23.8 Å². The minimum absolute atomic E-state index is 0.0490. The molecule has 0 unspecified atom stereocenters. The van der Waals surface area contributed by atoms with Gasteiger partial charge < -0.3 is 4.98 Å². The number of nitrogens with one attached hydrogen (secondary N) is 1. The molecule has 0 amide bonds. The van der Waals surface area contributed by atoms with Crippen LogP contribution in [0, 0.1) is 11.6 Å². The van der Waals surface area contributed by atoms with E-state index in [4.69, 9.17) is 0 Å². The molecule has 0 bridgehead atoms. The number of hydrogen-bond acceptors (Lipinski definition) is 1. The maximum atomic E-state index is 14.1. The van der Waals surface area contributed by atoms with Crippen molar-refractivity contribution in [3.8, 4) is 22.5 Å². The van der Waals surface area contributed by atoms with Crippen molar-refractivity contribution in [3.05, 3.63) is 108 Å². The van der Waals surface area contributed by atoms with Crippen LogP contribution in [0.15, 0.2) is 85.2 Å². The lowest BCUT2D eigenvalue weighted by Crippen LogP contribution is -2.33. The van der Waals surface area contributed by atoms with E-state index in [2.05, 4.69) is 9.97 Å². The van der Waals surface area contributed by atoms with Crippen LogP contribution < -0.4 is 4.57 Å². The van der Waals surface area contributed by atoms with Crippen molar-refractivity contribution in [1.29, 1.82) is 0 Å². The summed E-state index contributed by atoms with van der Waals surface area (Å²) in [6, 6.07) is 18.2. The number of hydrogen-bond donors (Lipinski definition) is 1. The fourth-order valence-electron chi connectivity index (χ4n) is 3.80. The zero-order valence-electron chi connectivity index (χ0n) is 17.6. The Kier molecular flexibility index (Phi) is 5.36. The molecule has 2 aromatic heterocycles. The van der Waals surface area contributed by atoms with Gasteiger partial charge in [0.05, 0.1) is 11.1 Å². The van der Waals surface area contributed by atoms with Crippen molar-refractivity contribution in [2.45, 2.75) is 12.7 Å². The second-order valence-corrected chi connectivity index (χ2v) is 7.88. The highest BCUT2D eigenvalue weighted by molar-refractivity contribution is 5.77. The monoisotopic (exact) mass is 466 g/mol. The normalized spacial score (nSPS) is 11.8. The molecule has 170 valence electrons. The zero-order valence-corrected chi connectivity index (χ0v) is 17.6. The van der Waals surface area contributed by atoms with Crippen LogP contribution in [-0.2, 0) is 12.7 Å². The molecule has 0 aliphatic carbocycles. The molecule has 0 fully saturated rings. The summed E-state index contributed by atoms with van der Waals surface area (Å²) in [7, 11) is 0. The first-order chi connectivity index (χ1) is 16.3. The Bertz CT molecular complexity index is 1490. The Labute approximate surface area is 191 Å². The van der Waals surface area contributed by atoms with E-state index < -0.39 is 23.4 Å². The lowest BCUT2D eigenvalue weighted by atomic mass is 10.0. The zero-order chi connectivity index (χ0) is 23.9. The van der Waals surface area contributed by atoms with Crippen LogP contribution in [0.2, 0.25) is 0 Å². The highest BCUT2D eigenvalue weighted by Gasteiger charge is 2.30. The number of rotatable bonds is 4. The Balaban J connectivity index is 1.38. The minimum Gasteiger partial charge on any atom is -0.333 e. The largest absolute Gasteiger partial charge is 0.416 e. The van der Waals surface area contributed by atoms with Gasteiger partial charge in [-0.25, -0.2) is 13.8 Å². The van der Waals surface area contributed by atoms with Gasteiger partial charge in [-0.2, -0.15) is 17.7 Å². The van der Waals surface area contributed by atoms with E-state index in [1.807, 2.05) is 29.1 Å². The van der Waals surface area contributed by atoms with Crippen molar-refractivity contribution < 1.29 is 26.5 Å². The minimum atomic E-state index is -4.39. The molecule has 0 aliphatic heterocycles. The van der Waals surface area contributed by atoms with E-state index in [-0.39, 0.29) is 11.4 Å². The molecule has 5 rings (SSSR count). The van der Waals surface area contributed by atoms with E-state index in [1.54, 1.807) is 24.3 Å². The molecule has 3 aromatic carbocycles. The summed E-state index contributed by atoms with van der Waals surface area (Å²) in [6.45, 7) is 0.501. The van der Waals surface area contributed by atoms with Crippen LogP contribution in [0.5, 0.6) is 0 Å². The lowest BCUT2D eigenvalue weighted by Gasteiger charge is -2.09. The first-order valence-electron chi connectivity index (χ1n) is 10.4. The molecule has 5 aromatic rings. The second kappa shape index (κ2) is 8.37. The average molecular weight is 466 g/mol. The van der Waals surface area contributed by atoms with Crippen molar-refractivity contribution in [1.82, 2.24) is 9.97 Å². The number of benzene rings is 3. The Morgan fingerprint density at radius 1 is 0.853 bits per heavy atom. The molecule has 3 nitrogen and oxygen atoms in total. The number of fused-ring (bicyclic) bond motifs is 1. The van der Waals surface area contributed by atoms with Gasteiger partial charge in [-0.05, 0) is 35.4 Å². The molecule has 0 atom stereocenters. The maximum absolute atomic E-state index is 14.1. The van der Waals surface area contributed by atoms with E-state index >= 15 is 0 Å². The van der Waals surface area contributed by atoms with Gasteiger partial charge in [-0.3, -0.25) is 0 Å². The average Bonchev–Trinajstić information content (AvgIpc) is 3.24. The smallest absolute Gasteiger partial charge is 0.333 e. The Morgan fingerprint density at radius 2 is 1.62 bits per heavy atom. The summed E-state index contributed by atoms with van der Waals surface area (Å²) in [5.74, 6) is -1.67. The summed E-state index contributed by atoms with van der Waals surface area (Å²) in [4.78, 5) is 7.37. The van der Waals surface area contributed by atoms with Crippen LogP contribution in [0.4, 0.5) is 22.0 Å². The molecular formula is C26H17F5N3+. The van der Waals surface area contributed by atoms with Crippen LogP contribution >= 0.6 is 0 Å². The third kappa shape index (κ3) is 4.26. The molecule has 0 aliphatic rings. The number of aromatic amines is 1. The van der Waals surface area contributed by atoms with E-state index in [9.17, 15) is 22.0 Å². The summed E-state index contributed by atoms with van der Waals surface area (Å²) in [5, 5.41) is 0. The molecule has 0 radical (unpaired) electrons. The number of aromatic nitrogens is 3. The SMILES string of the molecule is Fc1cccc(-c2nc3cc[n+](Cc4ccc(-c5cccc(C(F)(F)F)c5)cc4)cc3[nH]2)c1F. The molecule has 0 saturated carbocycles. The Hall–Kier alpha value is -4.07. The number of halogens is 5. The van der Waals surface area contributed by atoms with Gasteiger partial charge in [0.25, 0.3) is 0 Å². The molecular weight excluding hydrogens is 449 g/mol. The van der Waals surface area contributed by atoms with Crippen molar-refractivity contribution in [2.75, 3.05) is 0 Å². The summed E-state index contributed by atoms with van der Waals surface area (Å²) >= 11 is 0. The van der Waals surface area contributed by atoms with Gasteiger partial charge in [0, 0.05) is 11.6 Å². The molecule has 1 N–H and O–H groups in total. The Morgan fingerprint density at radius 3 is 2.38 bits per heavy atom. The van der Waals surface area contributed by atoms with Crippen molar-refractivity contribution in [3.63, 3.8) is 0 Å². The number of nitrogens with zero attached hydrogens (tertiary/aromatic N) is 2. The van der Waals surface area contributed by atoms with Gasteiger partial charge in [-0.1, -0.05) is 42.5 Å². The van der Waals surface area contributed by atoms with Crippen LogP contribution in [0.25, 0.3) is 33.5 Å². The van der Waals surface area contributed by atoms with Crippen molar-refractivity contribution >= 4 is 11.0 Å². The van der Waals surface area contributed by atoms with Crippen LogP contribution in [0.1, 0.15) is 11.1 Å². The van der Waals surface area contributed by atoms with Gasteiger partial charge in [0.1, 0.15) is 16.9 Å². The summed E-state index contributed by atoms with van der Waals surface area (Å²) in [5.41, 5.74) is 2.74. The highest BCUT2D eigenvalue weighted by Crippen LogP contribution is 2.32. The summed E-state index contributed by atoms with van der Waals surface area (Å²) < 4.78 is 68.6. The maximum Gasteiger partial charge on any atom is 0.416 e. The molecule has 34 heavy (non-hydrogen) atoms. The van der Waals surface area contributed by atoms with E-state index in [1.165, 1.54) is 18.2 Å². The first kappa shape index (κ1) is 21.8. The predicted molar refractivity (Wildman–Crippen MR) is 118 cm³/mol. The summed E-state index contributed by atoms with van der Waals surface area (Å²) in [6.07, 6.45) is -0.766. The number of imidazole rings is 1. The standard InChI is InChI=1S/C26H16F5N3/c27-21-6-2-5-20(24(21)28)25-32-22-11-12-34(15-23(22)33-25)14-16-7-9-17(10-8-16)18-3-1-4-19(13-18)26(29,30)31/h1-13,15H,14H2/p+1. The van der Waals surface area contributed by atoms with Gasteiger partial charge in [0.15, 0.2) is 30.6 Å². The predicted octanol–water partition coefficient (Wildman–Crippen LogP) is 6.53. The second-order valence-electron chi connectivity index (χ2n) is 7.88. The number of alkyl halides is 3. The third-order valence-corrected chi connectivity index (χ3v) is 5.53. The van der Waals surface area contributed by atoms with Crippen LogP contribution in [-0.4, -0.2) is 9.97 Å².